The Bertz CT molecular complexity index is 787. The van der Waals surface area contributed by atoms with Crippen LogP contribution in [-0.2, 0) is 4.74 Å². The molecule has 1 fully saturated rings. The molecule has 0 N–H and O–H groups in total. The number of ether oxygens (including phenoxy) is 2. The number of hydrogen-bond donors (Lipinski definition) is 0. The van der Waals surface area contributed by atoms with Crippen molar-refractivity contribution in [1.29, 1.82) is 0 Å². The van der Waals surface area contributed by atoms with Crippen molar-refractivity contribution < 1.29 is 14.3 Å². The smallest absolute Gasteiger partial charge is 0.410 e. The normalized spacial score (nSPS) is 18.0. The number of pyridine rings is 1. The topological polar surface area (TPSA) is 56.1 Å². The Balaban J connectivity index is 1.61. The van der Waals surface area contributed by atoms with Crippen molar-refractivity contribution in [2.45, 2.75) is 32.8 Å². The van der Waals surface area contributed by atoms with Gasteiger partial charge in [-0.15, -0.1) is 0 Å². The highest BCUT2D eigenvalue weighted by atomic mass is 79.9. The molecule has 0 spiro atoms. The number of fused-ring (bicyclic) bond motifs is 1. The van der Waals surface area contributed by atoms with Gasteiger partial charge in [0.1, 0.15) is 28.3 Å². The number of rotatable bonds is 3. The molecular formula is C17H21BrClN3O3. The van der Waals surface area contributed by atoms with Gasteiger partial charge in [-0.3, -0.25) is 4.40 Å². The summed E-state index contributed by atoms with van der Waals surface area (Å²) in [5.41, 5.74) is 0.338. The minimum absolute atomic E-state index is 0.262. The molecule has 1 amide bonds. The Morgan fingerprint density at radius 3 is 2.96 bits per heavy atom. The van der Waals surface area contributed by atoms with E-state index < -0.39 is 5.60 Å². The van der Waals surface area contributed by atoms with Gasteiger partial charge in [0.2, 0.25) is 0 Å². The number of carbonyl (C=O) groups excluding carboxylic acids is 1. The van der Waals surface area contributed by atoms with Gasteiger partial charge in [0.05, 0.1) is 17.3 Å². The summed E-state index contributed by atoms with van der Waals surface area (Å²) in [7, 11) is 0. The summed E-state index contributed by atoms with van der Waals surface area (Å²) in [4.78, 5) is 18.0. The van der Waals surface area contributed by atoms with E-state index >= 15 is 0 Å². The third-order valence-corrected chi connectivity index (χ3v) is 5.19. The second-order valence-electron chi connectivity index (χ2n) is 7.19. The zero-order valence-corrected chi connectivity index (χ0v) is 16.8. The van der Waals surface area contributed by atoms with E-state index in [1.54, 1.807) is 21.8 Å². The summed E-state index contributed by atoms with van der Waals surface area (Å²) in [5.74, 6) is 0.981. The van der Waals surface area contributed by atoms with Crippen LogP contribution in [-0.4, -0.2) is 45.7 Å². The Kier molecular flexibility index (Phi) is 5.16. The van der Waals surface area contributed by atoms with Gasteiger partial charge in [-0.05, 0) is 49.2 Å². The summed E-state index contributed by atoms with van der Waals surface area (Å²) in [6, 6.07) is 1.85. The van der Waals surface area contributed by atoms with Crippen molar-refractivity contribution in [3.05, 3.63) is 28.2 Å². The van der Waals surface area contributed by atoms with Crippen LogP contribution in [0, 0.1) is 5.92 Å². The highest BCUT2D eigenvalue weighted by Crippen LogP contribution is 2.32. The van der Waals surface area contributed by atoms with Crippen LogP contribution in [0.15, 0.2) is 23.1 Å². The largest absolute Gasteiger partial charge is 0.491 e. The highest BCUT2D eigenvalue weighted by molar-refractivity contribution is 9.10. The molecule has 1 atom stereocenters. The van der Waals surface area contributed by atoms with Gasteiger partial charge in [0, 0.05) is 19.0 Å². The van der Waals surface area contributed by atoms with Crippen molar-refractivity contribution in [2.75, 3.05) is 19.7 Å². The molecule has 1 aliphatic rings. The maximum absolute atomic E-state index is 12.1. The summed E-state index contributed by atoms with van der Waals surface area (Å²) in [6.07, 6.45) is 4.00. The van der Waals surface area contributed by atoms with E-state index in [0.717, 1.165) is 16.4 Å². The van der Waals surface area contributed by atoms with E-state index in [1.807, 2.05) is 26.8 Å². The summed E-state index contributed by atoms with van der Waals surface area (Å²) in [6.45, 7) is 7.47. The summed E-state index contributed by atoms with van der Waals surface area (Å²) >= 11 is 9.67. The Hall–Kier alpha value is -1.47. The van der Waals surface area contributed by atoms with Crippen molar-refractivity contribution in [2.24, 2.45) is 5.92 Å². The van der Waals surface area contributed by atoms with E-state index in [9.17, 15) is 4.79 Å². The van der Waals surface area contributed by atoms with E-state index in [1.165, 1.54) is 0 Å². The number of hydrogen-bond acceptors (Lipinski definition) is 4. The number of aromatic nitrogens is 2. The van der Waals surface area contributed by atoms with Gasteiger partial charge < -0.3 is 14.4 Å². The fourth-order valence-corrected chi connectivity index (χ4v) is 3.37. The van der Waals surface area contributed by atoms with Crippen molar-refractivity contribution in [3.8, 4) is 5.75 Å². The molecule has 1 aliphatic heterocycles. The predicted molar refractivity (Wildman–Crippen MR) is 99.3 cm³/mol. The maximum atomic E-state index is 12.1. The first kappa shape index (κ1) is 18.3. The molecule has 0 bridgehead atoms. The Morgan fingerprint density at radius 2 is 2.24 bits per heavy atom. The third-order valence-electron chi connectivity index (χ3n) is 3.97. The van der Waals surface area contributed by atoms with Crippen LogP contribution in [0.25, 0.3) is 5.52 Å². The highest BCUT2D eigenvalue weighted by Gasteiger charge is 2.30. The SMILES string of the molecule is CC(C)(C)OC(=O)N1CC[C@@H](COc2cc(Br)c(Cl)n3cncc23)C1. The molecule has 25 heavy (non-hydrogen) atoms. The first-order chi connectivity index (χ1) is 11.7. The zero-order chi connectivity index (χ0) is 18.2. The molecule has 8 heteroatoms. The second-order valence-corrected chi connectivity index (χ2v) is 8.40. The number of amides is 1. The fourth-order valence-electron chi connectivity index (χ4n) is 2.78. The van der Waals surface area contributed by atoms with E-state index in [-0.39, 0.29) is 12.0 Å². The molecule has 3 heterocycles. The van der Waals surface area contributed by atoms with Crippen LogP contribution in [0.2, 0.25) is 5.15 Å². The van der Waals surface area contributed by atoms with Crippen molar-refractivity contribution in [3.63, 3.8) is 0 Å². The van der Waals surface area contributed by atoms with Gasteiger partial charge in [-0.1, -0.05) is 11.6 Å². The molecule has 0 saturated carbocycles. The quantitative estimate of drug-likeness (QED) is 0.678. The standard InChI is InChI=1S/C17H21BrClN3O3/c1-17(2,3)25-16(23)21-5-4-11(8-21)9-24-14-6-12(18)15(19)22-10-20-7-13(14)22/h6-7,10-11H,4-5,8-9H2,1-3H3/t11-/m1/s1. The fraction of sp³-hybridized carbons (Fsp3) is 0.529. The van der Waals surface area contributed by atoms with E-state index in [2.05, 4.69) is 20.9 Å². The first-order valence-electron chi connectivity index (χ1n) is 8.15. The summed E-state index contributed by atoms with van der Waals surface area (Å²) < 4.78 is 13.9. The summed E-state index contributed by atoms with van der Waals surface area (Å²) in [5, 5.41) is 0.553. The molecule has 1 saturated heterocycles. The van der Waals surface area contributed by atoms with E-state index in [4.69, 9.17) is 21.1 Å². The van der Waals surface area contributed by atoms with Crippen LogP contribution in [0.3, 0.4) is 0 Å². The molecule has 0 aromatic carbocycles. The van der Waals surface area contributed by atoms with Crippen LogP contribution >= 0.6 is 27.5 Å². The van der Waals surface area contributed by atoms with Crippen LogP contribution in [0.4, 0.5) is 4.79 Å². The lowest BCUT2D eigenvalue weighted by Gasteiger charge is -2.24. The number of likely N-dealkylation sites (tertiary alicyclic amines) is 1. The first-order valence-corrected chi connectivity index (χ1v) is 9.32. The van der Waals surface area contributed by atoms with Gasteiger partial charge >= 0.3 is 6.09 Å². The molecule has 136 valence electrons. The molecule has 2 aromatic rings. The molecular weight excluding hydrogens is 410 g/mol. The lowest BCUT2D eigenvalue weighted by molar-refractivity contribution is 0.0285. The lowest BCUT2D eigenvalue weighted by Crippen LogP contribution is -2.35. The van der Waals surface area contributed by atoms with Crippen molar-refractivity contribution in [1.82, 2.24) is 14.3 Å². The Morgan fingerprint density at radius 1 is 1.48 bits per heavy atom. The third kappa shape index (κ3) is 4.20. The monoisotopic (exact) mass is 429 g/mol. The zero-order valence-electron chi connectivity index (χ0n) is 14.5. The van der Waals surface area contributed by atoms with Crippen molar-refractivity contribution >= 4 is 39.1 Å². The van der Waals surface area contributed by atoms with Gasteiger partial charge in [-0.2, -0.15) is 0 Å². The molecule has 6 nitrogen and oxygen atoms in total. The van der Waals surface area contributed by atoms with Gasteiger partial charge in [-0.25, -0.2) is 9.78 Å². The van der Waals surface area contributed by atoms with Gasteiger partial charge in [0.25, 0.3) is 0 Å². The minimum Gasteiger partial charge on any atom is -0.491 e. The second kappa shape index (κ2) is 7.03. The lowest BCUT2D eigenvalue weighted by atomic mass is 10.1. The maximum Gasteiger partial charge on any atom is 0.410 e. The van der Waals surface area contributed by atoms with Crippen LogP contribution in [0.1, 0.15) is 27.2 Å². The molecule has 0 aliphatic carbocycles. The average molecular weight is 431 g/mol. The molecule has 3 rings (SSSR count). The number of nitrogens with zero attached hydrogens (tertiary/aromatic N) is 3. The van der Waals surface area contributed by atoms with E-state index in [0.29, 0.717) is 30.6 Å². The van der Waals surface area contributed by atoms with Crippen LogP contribution in [0.5, 0.6) is 5.75 Å². The molecule has 0 unspecified atom stereocenters. The number of carbonyl (C=O) groups is 1. The van der Waals surface area contributed by atoms with Gasteiger partial charge in [0.15, 0.2) is 0 Å². The van der Waals surface area contributed by atoms with Crippen LogP contribution < -0.4 is 4.74 Å². The predicted octanol–water partition coefficient (Wildman–Crippen LogP) is 4.39. The number of imidazole rings is 1. The molecule has 2 aromatic heterocycles. The average Bonchev–Trinajstić information content (AvgIpc) is 3.17. The Labute approximate surface area is 160 Å². The number of halogens is 2. The minimum atomic E-state index is -0.477. The molecule has 0 radical (unpaired) electrons.